The molecule has 0 heterocycles. The molecule has 0 aliphatic carbocycles. The number of benzene rings is 2. The summed E-state index contributed by atoms with van der Waals surface area (Å²) in [6, 6.07) is 14.7. The van der Waals surface area contributed by atoms with E-state index in [0.29, 0.717) is 18.0 Å². The van der Waals surface area contributed by atoms with E-state index in [1.807, 2.05) is 24.3 Å². The Morgan fingerprint density at radius 2 is 1.76 bits per heavy atom. The first-order valence-electron chi connectivity index (χ1n) is 7.97. The second-order valence-electron chi connectivity index (χ2n) is 5.41. The number of rotatable bonds is 8. The quantitative estimate of drug-likeness (QED) is 0.772. The summed E-state index contributed by atoms with van der Waals surface area (Å²) in [4.78, 5) is 23.1. The topological polar surface area (TPSA) is 76.7 Å². The number of anilines is 1. The van der Waals surface area contributed by atoms with Crippen molar-refractivity contribution in [1.82, 2.24) is 5.32 Å². The average Bonchev–Trinajstić information content (AvgIpc) is 2.61. The summed E-state index contributed by atoms with van der Waals surface area (Å²) in [5.74, 6) is 0.855. The van der Waals surface area contributed by atoms with Crippen molar-refractivity contribution in [2.75, 3.05) is 25.6 Å². The number of ether oxygens (including phenoxy) is 2. The van der Waals surface area contributed by atoms with E-state index in [1.54, 1.807) is 31.4 Å². The maximum absolute atomic E-state index is 11.9. The van der Waals surface area contributed by atoms with Crippen molar-refractivity contribution in [3.8, 4) is 11.5 Å². The SMILES string of the molecule is COc1ccc(CCNC(=O)COc2ccccc2NC(C)=O)cc1. The number of carbonyl (C=O) groups excluding carboxylic acids is 2. The lowest BCUT2D eigenvalue weighted by Crippen LogP contribution is -2.30. The Morgan fingerprint density at radius 1 is 1.04 bits per heavy atom. The Morgan fingerprint density at radius 3 is 2.44 bits per heavy atom. The fourth-order valence-electron chi connectivity index (χ4n) is 2.22. The Labute approximate surface area is 147 Å². The summed E-state index contributed by atoms with van der Waals surface area (Å²) in [7, 11) is 1.62. The summed E-state index contributed by atoms with van der Waals surface area (Å²) in [6.45, 7) is 1.82. The highest BCUT2D eigenvalue weighted by molar-refractivity contribution is 5.90. The van der Waals surface area contributed by atoms with Crippen molar-refractivity contribution in [2.24, 2.45) is 0 Å². The Balaban J connectivity index is 1.76. The summed E-state index contributed by atoms with van der Waals surface area (Å²) in [5, 5.41) is 5.47. The molecule has 2 aromatic rings. The van der Waals surface area contributed by atoms with Crippen LogP contribution in [0.25, 0.3) is 0 Å². The van der Waals surface area contributed by atoms with Gasteiger partial charge in [0.15, 0.2) is 6.61 Å². The number of hydrogen-bond acceptors (Lipinski definition) is 4. The first-order chi connectivity index (χ1) is 12.1. The van der Waals surface area contributed by atoms with Gasteiger partial charge < -0.3 is 20.1 Å². The molecule has 0 saturated heterocycles. The molecule has 6 nitrogen and oxygen atoms in total. The normalized spacial score (nSPS) is 10.0. The van der Waals surface area contributed by atoms with Gasteiger partial charge in [-0.1, -0.05) is 24.3 Å². The number of hydrogen-bond donors (Lipinski definition) is 2. The molecule has 0 atom stereocenters. The van der Waals surface area contributed by atoms with Crippen LogP contribution in [0.2, 0.25) is 0 Å². The van der Waals surface area contributed by atoms with Crippen LogP contribution in [0.15, 0.2) is 48.5 Å². The fourth-order valence-corrected chi connectivity index (χ4v) is 2.22. The van der Waals surface area contributed by atoms with Gasteiger partial charge in [-0.2, -0.15) is 0 Å². The van der Waals surface area contributed by atoms with Crippen LogP contribution >= 0.6 is 0 Å². The van der Waals surface area contributed by atoms with Gasteiger partial charge in [-0.15, -0.1) is 0 Å². The highest BCUT2D eigenvalue weighted by atomic mass is 16.5. The molecule has 0 radical (unpaired) electrons. The molecule has 0 aliphatic heterocycles. The molecule has 0 aliphatic rings. The van der Waals surface area contributed by atoms with Crippen molar-refractivity contribution in [3.05, 3.63) is 54.1 Å². The van der Waals surface area contributed by atoms with Gasteiger partial charge >= 0.3 is 0 Å². The molecule has 0 spiro atoms. The second-order valence-corrected chi connectivity index (χ2v) is 5.41. The highest BCUT2D eigenvalue weighted by Crippen LogP contribution is 2.23. The minimum Gasteiger partial charge on any atom is -0.497 e. The predicted molar refractivity (Wildman–Crippen MR) is 95.9 cm³/mol. The van der Waals surface area contributed by atoms with Crippen molar-refractivity contribution < 1.29 is 19.1 Å². The fraction of sp³-hybridized carbons (Fsp3) is 0.263. The van der Waals surface area contributed by atoms with E-state index in [2.05, 4.69) is 10.6 Å². The Kier molecular flexibility index (Phi) is 6.83. The van der Waals surface area contributed by atoms with E-state index in [-0.39, 0.29) is 18.4 Å². The van der Waals surface area contributed by atoms with E-state index in [4.69, 9.17) is 9.47 Å². The third-order valence-corrected chi connectivity index (χ3v) is 3.45. The molecule has 132 valence electrons. The van der Waals surface area contributed by atoms with Crippen LogP contribution in [0.4, 0.5) is 5.69 Å². The Hall–Kier alpha value is -3.02. The molecule has 2 rings (SSSR count). The maximum Gasteiger partial charge on any atom is 0.257 e. The third kappa shape index (κ3) is 6.18. The Bertz CT molecular complexity index is 714. The molecule has 0 fully saturated rings. The first kappa shape index (κ1) is 18.3. The van der Waals surface area contributed by atoms with E-state index in [1.165, 1.54) is 6.92 Å². The highest BCUT2D eigenvalue weighted by Gasteiger charge is 2.07. The molecule has 6 heteroatoms. The molecular weight excluding hydrogens is 320 g/mol. The minimum absolute atomic E-state index is 0.112. The van der Waals surface area contributed by atoms with Crippen LogP contribution < -0.4 is 20.1 Å². The van der Waals surface area contributed by atoms with E-state index in [9.17, 15) is 9.59 Å². The van der Waals surface area contributed by atoms with Crippen LogP contribution in [0, 0.1) is 0 Å². The van der Waals surface area contributed by atoms with Gasteiger partial charge in [0.05, 0.1) is 12.8 Å². The molecule has 0 bridgehead atoms. The lowest BCUT2D eigenvalue weighted by Gasteiger charge is -2.11. The van der Waals surface area contributed by atoms with E-state index in [0.717, 1.165) is 17.7 Å². The standard InChI is InChI=1S/C19H22N2O4/c1-14(22)21-17-5-3-4-6-18(17)25-13-19(23)20-12-11-15-7-9-16(24-2)10-8-15/h3-10H,11-13H2,1-2H3,(H,20,23)(H,21,22). The molecule has 2 aromatic carbocycles. The van der Waals surface area contributed by atoms with Gasteiger partial charge in [0.2, 0.25) is 5.91 Å². The maximum atomic E-state index is 11.9. The lowest BCUT2D eigenvalue weighted by molar-refractivity contribution is -0.123. The molecule has 2 N–H and O–H groups in total. The zero-order valence-electron chi connectivity index (χ0n) is 14.4. The number of nitrogens with one attached hydrogen (secondary N) is 2. The number of carbonyl (C=O) groups is 2. The molecule has 25 heavy (non-hydrogen) atoms. The lowest BCUT2D eigenvalue weighted by atomic mass is 10.1. The smallest absolute Gasteiger partial charge is 0.257 e. The van der Waals surface area contributed by atoms with Crippen LogP contribution in [-0.2, 0) is 16.0 Å². The summed E-state index contributed by atoms with van der Waals surface area (Å²) >= 11 is 0. The summed E-state index contributed by atoms with van der Waals surface area (Å²) in [6.07, 6.45) is 0.720. The van der Waals surface area contributed by atoms with Crippen LogP contribution in [0.3, 0.4) is 0 Å². The zero-order valence-corrected chi connectivity index (χ0v) is 14.4. The van der Waals surface area contributed by atoms with Gasteiger partial charge in [0.25, 0.3) is 5.91 Å². The number of amides is 2. The number of methoxy groups -OCH3 is 1. The monoisotopic (exact) mass is 342 g/mol. The van der Waals surface area contributed by atoms with Gasteiger partial charge in [0, 0.05) is 13.5 Å². The third-order valence-electron chi connectivity index (χ3n) is 3.45. The van der Waals surface area contributed by atoms with E-state index >= 15 is 0 Å². The van der Waals surface area contributed by atoms with Crippen molar-refractivity contribution >= 4 is 17.5 Å². The van der Waals surface area contributed by atoms with Crippen LogP contribution in [-0.4, -0.2) is 32.1 Å². The van der Waals surface area contributed by atoms with Crippen molar-refractivity contribution in [2.45, 2.75) is 13.3 Å². The first-order valence-corrected chi connectivity index (χ1v) is 7.97. The molecule has 0 saturated carbocycles. The molecule has 0 unspecified atom stereocenters. The average molecular weight is 342 g/mol. The predicted octanol–water partition coefficient (Wildman–Crippen LogP) is 2.39. The van der Waals surface area contributed by atoms with E-state index < -0.39 is 0 Å². The van der Waals surface area contributed by atoms with Crippen LogP contribution in [0.5, 0.6) is 11.5 Å². The minimum atomic E-state index is -0.217. The molecular formula is C19H22N2O4. The van der Waals surface area contributed by atoms with Crippen molar-refractivity contribution in [1.29, 1.82) is 0 Å². The molecule has 0 aromatic heterocycles. The van der Waals surface area contributed by atoms with Crippen molar-refractivity contribution in [3.63, 3.8) is 0 Å². The zero-order chi connectivity index (χ0) is 18.1. The summed E-state index contributed by atoms with van der Waals surface area (Å²) < 4.78 is 10.6. The van der Waals surface area contributed by atoms with Gasteiger partial charge in [-0.3, -0.25) is 9.59 Å². The molecule has 2 amide bonds. The van der Waals surface area contributed by atoms with Gasteiger partial charge in [-0.25, -0.2) is 0 Å². The van der Waals surface area contributed by atoms with Gasteiger partial charge in [-0.05, 0) is 36.2 Å². The largest absolute Gasteiger partial charge is 0.497 e. The summed E-state index contributed by atoms with van der Waals surface area (Å²) in [5.41, 5.74) is 1.65. The van der Waals surface area contributed by atoms with Crippen LogP contribution in [0.1, 0.15) is 12.5 Å². The second kappa shape index (κ2) is 9.32. The number of para-hydroxylation sites is 2. The van der Waals surface area contributed by atoms with Gasteiger partial charge in [0.1, 0.15) is 11.5 Å².